The summed E-state index contributed by atoms with van der Waals surface area (Å²) in [5.41, 5.74) is 5.45. The molecule has 2 heterocycles. The minimum Gasteiger partial charge on any atom is -0.493 e. The van der Waals surface area contributed by atoms with E-state index in [1.807, 2.05) is 26.0 Å². The summed E-state index contributed by atoms with van der Waals surface area (Å²) in [5.74, 6) is 2.75. The highest BCUT2D eigenvalue weighted by Crippen LogP contribution is 2.40. The Bertz CT molecular complexity index is 1370. The van der Waals surface area contributed by atoms with Gasteiger partial charge in [-0.2, -0.15) is 0 Å². The van der Waals surface area contributed by atoms with Crippen LogP contribution < -0.4 is 14.8 Å². The van der Waals surface area contributed by atoms with Gasteiger partial charge >= 0.3 is 0 Å². The van der Waals surface area contributed by atoms with Gasteiger partial charge in [0.05, 0.1) is 32.1 Å². The van der Waals surface area contributed by atoms with Gasteiger partial charge < -0.3 is 24.9 Å². The van der Waals surface area contributed by atoms with Gasteiger partial charge in [0.1, 0.15) is 0 Å². The summed E-state index contributed by atoms with van der Waals surface area (Å²) in [6.07, 6.45) is 5.96. The molecular weight excluding hydrogens is 526 g/mol. The fourth-order valence-electron chi connectivity index (χ4n) is 7.15. The highest BCUT2D eigenvalue weighted by molar-refractivity contribution is 5.92. The summed E-state index contributed by atoms with van der Waals surface area (Å²) >= 11 is 0. The average Bonchev–Trinajstić information content (AvgIpc) is 3.36. The fraction of sp³-hybridized carbons (Fsp3) is 0.571. The van der Waals surface area contributed by atoms with Gasteiger partial charge in [-0.3, -0.25) is 9.69 Å². The van der Waals surface area contributed by atoms with Crippen LogP contribution in [-0.4, -0.2) is 66.4 Å². The Labute approximate surface area is 251 Å². The number of methoxy groups -OCH3 is 2. The van der Waals surface area contributed by atoms with Gasteiger partial charge in [0, 0.05) is 22.5 Å². The van der Waals surface area contributed by atoms with Crippen LogP contribution in [-0.2, 0) is 4.79 Å². The minimum atomic E-state index is -0.631. The summed E-state index contributed by atoms with van der Waals surface area (Å²) in [6, 6.07) is 13.2. The van der Waals surface area contributed by atoms with E-state index in [4.69, 9.17) is 9.47 Å². The predicted octanol–water partition coefficient (Wildman–Crippen LogP) is 6.60. The molecule has 228 valence electrons. The van der Waals surface area contributed by atoms with Crippen molar-refractivity contribution in [3.63, 3.8) is 0 Å². The molecule has 1 aromatic heterocycles. The van der Waals surface area contributed by atoms with Gasteiger partial charge in [0.2, 0.25) is 5.91 Å². The third kappa shape index (κ3) is 6.63. The van der Waals surface area contributed by atoms with E-state index >= 15 is 0 Å². The third-order valence-electron chi connectivity index (χ3n) is 9.63. The quantitative estimate of drug-likeness (QED) is 0.268. The van der Waals surface area contributed by atoms with Crippen LogP contribution in [0.15, 0.2) is 36.4 Å². The maximum absolute atomic E-state index is 12.8. The van der Waals surface area contributed by atoms with Gasteiger partial charge in [0.15, 0.2) is 11.5 Å². The van der Waals surface area contributed by atoms with E-state index in [0.29, 0.717) is 24.3 Å². The number of nitrogens with one attached hydrogen (secondary N) is 2. The van der Waals surface area contributed by atoms with Gasteiger partial charge in [0.25, 0.3) is 0 Å². The van der Waals surface area contributed by atoms with Crippen LogP contribution in [0.1, 0.15) is 89.2 Å². The zero-order valence-electron chi connectivity index (χ0n) is 26.3. The topological polar surface area (TPSA) is 86.8 Å². The van der Waals surface area contributed by atoms with Gasteiger partial charge in [-0.05, 0) is 125 Å². The second kappa shape index (κ2) is 12.7. The Hall–Kier alpha value is -3.03. The molecule has 2 aliphatic rings. The third-order valence-corrected chi connectivity index (χ3v) is 9.63. The highest BCUT2D eigenvalue weighted by Gasteiger charge is 2.32. The second-order valence-electron chi connectivity index (χ2n) is 13.3. The standard InChI is InChI=1S/C35H49N3O4/c1-22(2)33-28-19-24(7-13-29(28)37-34(33)25-8-14-30(41-5)31(20-25)42-6)23-15-17-38(18-16-23)21-32(39)36-27-11-9-26(10-12-27)35(3,4)40/h7-8,13-14,19-20,22-23,26-27,37,40H,9-12,15-18,21H2,1-6H3,(H,36,39). The van der Waals surface area contributed by atoms with E-state index in [-0.39, 0.29) is 11.9 Å². The lowest BCUT2D eigenvalue weighted by Gasteiger charge is -2.36. The van der Waals surface area contributed by atoms with Crippen molar-refractivity contribution >= 4 is 16.8 Å². The van der Waals surface area contributed by atoms with E-state index in [1.165, 1.54) is 16.5 Å². The molecule has 42 heavy (non-hydrogen) atoms. The molecule has 3 N–H and O–H groups in total. The maximum Gasteiger partial charge on any atom is 0.234 e. The Balaban J connectivity index is 1.22. The predicted molar refractivity (Wildman–Crippen MR) is 170 cm³/mol. The van der Waals surface area contributed by atoms with Crippen LogP contribution in [0.25, 0.3) is 22.2 Å². The Morgan fingerprint density at radius 1 is 1.00 bits per heavy atom. The SMILES string of the molecule is COc1ccc(-c2[nH]c3ccc(C4CCN(CC(=O)NC5CCC(C(C)(C)O)CC5)CC4)cc3c2C(C)C)cc1OC. The van der Waals surface area contributed by atoms with Crippen LogP contribution in [0.5, 0.6) is 11.5 Å². The molecule has 0 atom stereocenters. The van der Waals surface area contributed by atoms with Crippen molar-refractivity contribution in [3.05, 3.63) is 47.5 Å². The number of hydrogen-bond donors (Lipinski definition) is 3. The monoisotopic (exact) mass is 575 g/mol. The van der Waals surface area contributed by atoms with Crippen LogP contribution in [0, 0.1) is 5.92 Å². The zero-order valence-corrected chi connectivity index (χ0v) is 26.3. The first kappa shape index (κ1) is 30.4. The molecule has 5 rings (SSSR count). The van der Waals surface area contributed by atoms with E-state index in [2.05, 4.69) is 53.3 Å². The number of hydrogen-bond acceptors (Lipinski definition) is 5. The van der Waals surface area contributed by atoms with E-state index in [1.54, 1.807) is 14.2 Å². The second-order valence-corrected chi connectivity index (χ2v) is 13.3. The van der Waals surface area contributed by atoms with Crippen molar-refractivity contribution in [1.29, 1.82) is 0 Å². The fourth-order valence-corrected chi connectivity index (χ4v) is 7.15. The number of aliphatic hydroxyl groups is 1. The zero-order chi connectivity index (χ0) is 30.0. The lowest BCUT2D eigenvalue weighted by atomic mass is 9.77. The van der Waals surface area contributed by atoms with E-state index in [9.17, 15) is 9.90 Å². The molecule has 1 saturated heterocycles. The van der Waals surface area contributed by atoms with Crippen LogP contribution >= 0.6 is 0 Å². The number of aromatic amines is 1. The minimum absolute atomic E-state index is 0.137. The number of piperidine rings is 1. The number of H-pyrrole nitrogens is 1. The number of carbonyl (C=O) groups is 1. The number of amides is 1. The van der Waals surface area contributed by atoms with E-state index in [0.717, 1.165) is 79.9 Å². The van der Waals surface area contributed by atoms with Gasteiger partial charge in [-0.15, -0.1) is 0 Å². The summed E-state index contributed by atoms with van der Waals surface area (Å²) in [5, 5.41) is 14.9. The van der Waals surface area contributed by atoms with Crippen molar-refractivity contribution in [2.24, 2.45) is 5.92 Å². The summed E-state index contributed by atoms with van der Waals surface area (Å²) in [7, 11) is 3.33. The normalized spacial score (nSPS) is 20.7. The van der Waals surface area contributed by atoms with Crippen LogP contribution in [0.2, 0.25) is 0 Å². The highest BCUT2D eigenvalue weighted by atomic mass is 16.5. The first-order valence-corrected chi connectivity index (χ1v) is 15.7. The summed E-state index contributed by atoms with van der Waals surface area (Å²) in [4.78, 5) is 18.8. The number of benzene rings is 2. The van der Waals surface area contributed by atoms with Crippen molar-refractivity contribution in [2.45, 2.75) is 89.7 Å². The molecule has 7 nitrogen and oxygen atoms in total. The van der Waals surface area contributed by atoms with Crippen LogP contribution in [0.3, 0.4) is 0 Å². The number of aromatic nitrogens is 1. The first-order chi connectivity index (χ1) is 20.1. The molecule has 0 spiro atoms. The number of ether oxygens (including phenoxy) is 2. The smallest absolute Gasteiger partial charge is 0.234 e. The molecule has 1 saturated carbocycles. The molecular formula is C35H49N3O4. The summed E-state index contributed by atoms with van der Waals surface area (Å²) in [6.45, 7) is 10.6. The maximum atomic E-state index is 12.8. The largest absolute Gasteiger partial charge is 0.493 e. The molecule has 0 bridgehead atoms. The summed E-state index contributed by atoms with van der Waals surface area (Å²) < 4.78 is 11.0. The van der Waals surface area contributed by atoms with Gasteiger partial charge in [-0.25, -0.2) is 0 Å². The van der Waals surface area contributed by atoms with Gasteiger partial charge in [-0.1, -0.05) is 19.9 Å². The lowest BCUT2D eigenvalue weighted by molar-refractivity contribution is -0.123. The van der Waals surface area contributed by atoms with Crippen molar-refractivity contribution in [1.82, 2.24) is 15.2 Å². The molecule has 2 fully saturated rings. The molecule has 1 amide bonds. The number of carbonyl (C=O) groups excluding carboxylic acids is 1. The van der Waals surface area contributed by atoms with Crippen molar-refractivity contribution in [2.75, 3.05) is 33.9 Å². The average molecular weight is 576 g/mol. The van der Waals surface area contributed by atoms with Crippen LogP contribution in [0.4, 0.5) is 0 Å². The number of nitrogens with zero attached hydrogens (tertiary/aromatic N) is 1. The number of likely N-dealkylation sites (tertiary alicyclic amines) is 1. The van der Waals surface area contributed by atoms with E-state index < -0.39 is 5.60 Å². The molecule has 0 radical (unpaired) electrons. The number of rotatable bonds is 9. The van der Waals surface area contributed by atoms with Crippen molar-refractivity contribution < 1.29 is 19.4 Å². The molecule has 2 aromatic carbocycles. The molecule has 1 aliphatic heterocycles. The Kier molecular flexibility index (Phi) is 9.19. The number of fused-ring (bicyclic) bond motifs is 1. The molecule has 7 heteroatoms. The molecule has 1 aliphatic carbocycles. The first-order valence-electron chi connectivity index (χ1n) is 15.7. The molecule has 3 aromatic rings. The van der Waals surface area contributed by atoms with Crippen molar-refractivity contribution in [3.8, 4) is 22.8 Å². The lowest BCUT2D eigenvalue weighted by Crippen LogP contribution is -2.46. The molecule has 0 unspecified atom stereocenters. The Morgan fingerprint density at radius 2 is 1.69 bits per heavy atom. The Morgan fingerprint density at radius 3 is 2.31 bits per heavy atom.